The van der Waals surface area contributed by atoms with Crippen molar-refractivity contribution in [2.24, 2.45) is 0 Å². The fraction of sp³-hybridized carbons (Fsp3) is 0.471. The number of hydrogen-bond acceptors (Lipinski definition) is 2. The Morgan fingerprint density at radius 1 is 1.33 bits per heavy atom. The van der Waals surface area contributed by atoms with E-state index in [1.807, 2.05) is 26.2 Å². The number of likely N-dealkylation sites (N-methyl/N-ethyl adjacent to an activating group) is 1. The van der Waals surface area contributed by atoms with E-state index in [2.05, 4.69) is 34.3 Å². The van der Waals surface area contributed by atoms with Crippen LogP contribution in [0, 0.1) is 6.92 Å². The Balaban J connectivity index is 1.87. The molecule has 4 nitrogen and oxygen atoms in total. The molecular weight excluding hydrogens is 262 g/mol. The van der Waals surface area contributed by atoms with Gasteiger partial charge in [-0.2, -0.15) is 0 Å². The van der Waals surface area contributed by atoms with Crippen molar-refractivity contribution in [1.29, 1.82) is 0 Å². The third-order valence-corrected chi connectivity index (χ3v) is 4.40. The number of benzene rings is 1. The fourth-order valence-electron chi connectivity index (χ4n) is 3.17. The molecule has 0 unspecified atom stereocenters. The summed E-state index contributed by atoms with van der Waals surface area (Å²) in [7, 11) is 4.03. The zero-order chi connectivity index (χ0) is 15.0. The van der Waals surface area contributed by atoms with Gasteiger partial charge in [0.15, 0.2) is 0 Å². The first-order valence-corrected chi connectivity index (χ1v) is 7.55. The maximum Gasteiger partial charge on any atom is 0.230 e. The molecule has 1 saturated carbocycles. The van der Waals surface area contributed by atoms with Gasteiger partial charge in [0.2, 0.25) is 5.91 Å². The van der Waals surface area contributed by atoms with Crippen LogP contribution in [0.4, 0.5) is 0 Å². The molecule has 2 aromatic rings. The molecule has 0 atom stereocenters. The average molecular weight is 285 g/mol. The van der Waals surface area contributed by atoms with Gasteiger partial charge in [0.1, 0.15) is 0 Å². The second kappa shape index (κ2) is 5.19. The number of fused-ring (bicyclic) bond motifs is 1. The summed E-state index contributed by atoms with van der Waals surface area (Å²) < 4.78 is 0. The lowest BCUT2D eigenvalue weighted by Crippen LogP contribution is -2.38. The van der Waals surface area contributed by atoms with E-state index in [4.69, 9.17) is 0 Å². The van der Waals surface area contributed by atoms with E-state index in [1.165, 1.54) is 10.9 Å². The summed E-state index contributed by atoms with van der Waals surface area (Å²) in [5, 5.41) is 4.29. The van der Waals surface area contributed by atoms with Gasteiger partial charge in [-0.1, -0.05) is 18.2 Å². The van der Waals surface area contributed by atoms with E-state index in [-0.39, 0.29) is 11.3 Å². The van der Waals surface area contributed by atoms with Crippen molar-refractivity contribution in [3.05, 3.63) is 35.5 Å². The highest BCUT2D eigenvalue weighted by molar-refractivity contribution is 5.98. The zero-order valence-corrected chi connectivity index (χ0v) is 13.0. The maximum atomic E-state index is 12.7. The van der Waals surface area contributed by atoms with E-state index in [0.717, 1.165) is 30.6 Å². The van der Waals surface area contributed by atoms with Gasteiger partial charge in [-0.3, -0.25) is 4.79 Å². The molecule has 0 saturated heterocycles. The summed E-state index contributed by atoms with van der Waals surface area (Å²) in [6.45, 7) is 3.65. The molecular formula is C17H23N3O. The predicted octanol–water partition coefficient (Wildman–Crippen LogP) is 2.19. The van der Waals surface area contributed by atoms with Gasteiger partial charge >= 0.3 is 0 Å². The van der Waals surface area contributed by atoms with Gasteiger partial charge < -0.3 is 15.2 Å². The molecule has 1 aromatic carbocycles. The van der Waals surface area contributed by atoms with Crippen molar-refractivity contribution >= 4 is 16.8 Å². The normalized spacial score (nSPS) is 16.4. The van der Waals surface area contributed by atoms with Crippen LogP contribution in [0.2, 0.25) is 0 Å². The number of aromatic amines is 1. The molecule has 1 fully saturated rings. The van der Waals surface area contributed by atoms with Crippen molar-refractivity contribution < 1.29 is 4.79 Å². The van der Waals surface area contributed by atoms with Gasteiger partial charge in [0.05, 0.1) is 5.41 Å². The quantitative estimate of drug-likeness (QED) is 0.884. The Morgan fingerprint density at radius 3 is 2.71 bits per heavy atom. The lowest BCUT2D eigenvalue weighted by Gasteiger charge is -2.17. The molecule has 3 rings (SSSR count). The van der Waals surface area contributed by atoms with Gasteiger partial charge in [-0.05, 0) is 45.5 Å². The molecule has 1 amide bonds. The molecule has 21 heavy (non-hydrogen) atoms. The zero-order valence-electron chi connectivity index (χ0n) is 13.0. The van der Waals surface area contributed by atoms with Crippen LogP contribution in [0.15, 0.2) is 24.3 Å². The molecule has 0 aliphatic heterocycles. The van der Waals surface area contributed by atoms with Crippen molar-refractivity contribution in [1.82, 2.24) is 15.2 Å². The Kier molecular flexibility index (Phi) is 3.49. The number of carbonyl (C=O) groups excluding carboxylic acids is 1. The van der Waals surface area contributed by atoms with Crippen LogP contribution >= 0.6 is 0 Å². The monoisotopic (exact) mass is 285 g/mol. The molecule has 4 heteroatoms. The number of aromatic nitrogens is 1. The SMILES string of the molecule is Cc1[nH]c2ccccc2c1C1(C(=O)NCCN(C)C)CC1. The van der Waals surface area contributed by atoms with Crippen LogP contribution in [0.3, 0.4) is 0 Å². The molecule has 1 aliphatic rings. The molecule has 112 valence electrons. The number of nitrogens with one attached hydrogen (secondary N) is 2. The van der Waals surface area contributed by atoms with Crippen LogP contribution in [-0.2, 0) is 10.2 Å². The van der Waals surface area contributed by atoms with Crippen LogP contribution in [0.1, 0.15) is 24.1 Å². The topological polar surface area (TPSA) is 48.1 Å². The van der Waals surface area contributed by atoms with Gasteiger partial charge in [-0.15, -0.1) is 0 Å². The van der Waals surface area contributed by atoms with Crippen molar-refractivity contribution in [2.45, 2.75) is 25.2 Å². The largest absolute Gasteiger partial charge is 0.358 e. The summed E-state index contributed by atoms with van der Waals surface area (Å²) >= 11 is 0. The molecule has 1 heterocycles. The number of rotatable bonds is 5. The van der Waals surface area contributed by atoms with Crippen LogP contribution in [0.25, 0.3) is 10.9 Å². The highest BCUT2D eigenvalue weighted by atomic mass is 16.2. The summed E-state index contributed by atoms with van der Waals surface area (Å²) in [6.07, 6.45) is 1.90. The van der Waals surface area contributed by atoms with Crippen molar-refractivity contribution in [3.63, 3.8) is 0 Å². The Labute approximate surface area is 125 Å². The number of hydrogen-bond donors (Lipinski definition) is 2. The minimum absolute atomic E-state index is 0.178. The molecule has 1 aliphatic carbocycles. The third-order valence-electron chi connectivity index (χ3n) is 4.40. The first-order valence-electron chi connectivity index (χ1n) is 7.55. The third kappa shape index (κ3) is 2.44. The summed E-state index contributed by atoms with van der Waals surface area (Å²) in [4.78, 5) is 18.2. The Bertz CT molecular complexity index is 668. The van der Waals surface area contributed by atoms with E-state index in [9.17, 15) is 4.79 Å². The molecule has 0 radical (unpaired) electrons. The molecule has 0 spiro atoms. The molecule has 2 N–H and O–H groups in total. The number of H-pyrrole nitrogens is 1. The lowest BCUT2D eigenvalue weighted by molar-refractivity contribution is -0.123. The smallest absolute Gasteiger partial charge is 0.230 e. The Hall–Kier alpha value is -1.81. The first-order chi connectivity index (χ1) is 10.0. The second-order valence-corrected chi connectivity index (χ2v) is 6.31. The average Bonchev–Trinajstić information content (AvgIpc) is 3.15. The Morgan fingerprint density at radius 2 is 2.05 bits per heavy atom. The predicted molar refractivity (Wildman–Crippen MR) is 85.5 cm³/mol. The summed E-state index contributed by atoms with van der Waals surface area (Å²) in [6, 6.07) is 8.26. The number of aryl methyl sites for hydroxylation is 1. The standard InChI is InChI=1S/C17H23N3O/c1-12-15(13-6-4-5-7-14(13)19-12)17(8-9-17)16(21)18-10-11-20(2)3/h4-7,19H,8-11H2,1-3H3,(H,18,21). The van der Waals surface area contributed by atoms with Crippen molar-refractivity contribution in [2.75, 3.05) is 27.2 Å². The number of para-hydroxylation sites is 1. The minimum Gasteiger partial charge on any atom is -0.358 e. The second-order valence-electron chi connectivity index (χ2n) is 6.31. The number of amides is 1. The van der Waals surface area contributed by atoms with E-state index >= 15 is 0 Å². The van der Waals surface area contributed by atoms with Crippen molar-refractivity contribution in [3.8, 4) is 0 Å². The highest BCUT2D eigenvalue weighted by Crippen LogP contribution is 2.51. The fourth-order valence-corrected chi connectivity index (χ4v) is 3.17. The van der Waals surface area contributed by atoms with E-state index in [0.29, 0.717) is 6.54 Å². The number of nitrogens with zero attached hydrogens (tertiary/aromatic N) is 1. The van der Waals surface area contributed by atoms with Crippen LogP contribution in [0.5, 0.6) is 0 Å². The maximum absolute atomic E-state index is 12.7. The first kappa shape index (κ1) is 14.1. The molecule has 1 aromatic heterocycles. The van der Waals surface area contributed by atoms with Gasteiger partial charge in [0, 0.05) is 29.7 Å². The van der Waals surface area contributed by atoms with Crippen LogP contribution in [-0.4, -0.2) is 43.0 Å². The molecule has 0 bridgehead atoms. The van der Waals surface area contributed by atoms with Crippen LogP contribution < -0.4 is 5.32 Å². The highest BCUT2D eigenvalue weighted by Gasteiger charge is 2.53. The lowest BCUT2D eigenvalue weighted by atomic mass is 9.92. The van der Waals surface area contributed by atoms with E-state index < -0.39 is 0 Å². The van der Waals surface area contributed by atoms with Gasteiger partial charge in [0.25, 0.3) is 0 Å². The summed E-state index contributed by atoms with van der Waals surface area (Å²) in [5.74, 6) is 0.178. The number of carbonyl (C=O) groups is 1. The van der Waals surface area contributed by atoms with E-state index in [1.54, 1.807) is 0 Å². The minimum atomic E-state index is -0.310. The van der Waals surface area contributed by atoms with Gasteiger partial charge in [-0.25, -0.2) is 0 Å². The summed E-state index contributed by atoms with van der Waals surface area (Å²) in [5.41, 5.74) is 3.13.